The molecule has 0 spiro atoms. The third kappa shape index (κ3) is 5.75. The number of hydrogen-bond acceptors (Lipinski definition) is 5. The zero-order chi connectivity index (χ0) is 23.2. The second-order valence-corrected chi connectivity index (χ2v) is 7.65. The summed E-state index contributed by atoms with van der Waals surface area (Å²) in [4.78, 5) is 24.7. The lowest BCUT2D eigenvalue weighted by Crippen LogP contribution is -2.37. The fourth-order valence-electron chi connectivity index (χ4n) is 3.15. The minimum absolute atomic E-state index is 0.120. The largest absolute Gasteiger partial charge is 0.483 e. The predicted molar refractivity (Wildman–Crippen MR) is 132 cm³/mol. The van der Waals surface area contributed by atoms with Crippen molar-refractivity contribution in [2.24, 2.45) is 0 Å². The van der Waals surface area contributed by atoms with Crippen LogP contribution in [0.2, 0.25) is 0 Å². The lowest BCUT2D eigenvalue weighted by molar-refractivity contribution is -0.121. The molecule has 0 atom stereocenters. The van der Waals surface area contributed by atoms with Crippen LogP contribution >= 0.6 is 12.2 Å². The van der Waals surface area contributed by atoms with Crippen molar-refractivity contribution >= 4 is 51.5 Å². The molecule has 0 fully saturated rings. The number of para-hydroxylation sites is 2. The van der Waals surface area contributed by atoms with Crippen molar-refractivity contribution in [3.05, 3.63) is 90.2 Å². The lowest BCUT2D eigenvalue weighted by atomic mass is 10.2. The molecule has 0 bridgehead atoms. The second-order valence-electron chi connectivity index (χ2n) is 7.24. The van der Waals surface area contributed by atoms with Crippen LogP contribution in [0.4, 0.5) is 11.4 Å². The Bertz CT molecular complexity index is 1300. The van der Waals surface area contributed by atoms with Crippen LogP contribution < -0.4 is 20.7 Å². The number of thiocarbonyl (C=S) groups is 1. The first kappa shape index (κ1) is 22.0. The number of benzene rings is 3. The summed E-state index contributed by atoms with van der Waals surface area (Å²) in [5, 5.41) is 9.27. The molecular weight excluding hydrogens is 438 g/mol. The quantitative estimate of drug-likeness (QED) is 0.356. The van der Waals surface area contributed by atoms with E-state index in [1.807, 2.05) is 43.3 Å². The maximum absolute atomic E-state index is 12.6. The van der Waals surface area contributed by atoms with Crippen molar-refractivity contribution in [2.75, 3.05) is 17.2 Å². The van der Waals surface area contributed by atoms with E-state index in [0.717, 1.165) is 10.9 Å². The number of hydrogen-bond donors (Lipinski definition) is 3. The normalized spacial score (nSPS) is 10.5. The van der Waals surface area contributed by atoms with Crippen molar-refractivity contribution in [1.29, 1.82) is 0 Å². The Kier molecular flexibility index (Phi) is 6.66. The number of carbonyl (C=O) groups excluding carboxylic acids is 2. The van der Waals surface area contributed by atoms with E-state index in [2.05, 4.69) is 16.0 Å². The van der Waals surface area contributed by atoms with Gasteiger partial charge in [0.05, 0.1) is 0 Å². The summed E-state index contributed by atoms with van der Waals surface area (Å²) in [5.41, 5.74) is 2.73. The molecule has 0 aliphatic heterocycles. The summed E-state index contributed by atoms with van der Waals surface area (Å²) in [6.07, 6.45) is 0. The summed E-state index contributed by atoms with van der Waals surface area (Å²) < 4.78 is 11.1. The molecule has 2 amide bonds. The van der Waals surface area contributed by atoms with E-state index >= 15 is 0 Å². The number of fused-ring (bicyclic) bond motifs is 1. The number of ether oxygens (including phenoxy) is 1. The highest BCUT2D eigenvalue weighted by atomic mass is 32.1. The first-order valence-corrected chi connectivity index (χ1v) is 10.6. The van der Waals surface area contributed by atoms with E-state index in [1.54, 1.807) is 42.5 Å². The molecule has 0 saturated carbocycles. The van der Waals surface area contributed by atoms with Crippen LogP contribution in [0.1, 0.15) is 16.1 Å². The summed E-state index contributed by atoms with van der Waals surface area (Å²) in [6.45, 7) is 1.74. The smallest absolute Gasteiger partial charge is 0.291 e. The van der Waals surface area contributed by atoms with Gasteiger partial charge in [-0.15, -0.1) is 0 Å². The third-order valence-electron chi connectivity index (χ3n) is 4.73. The molecule has 166 valence electrons. The SMILES string of the molecule is Cc1ccccc1OCC(=O)NC(=S)Nc1cccc(NC(=O)c2cc3ccccc3o2)c1. The average molecular weight is 460 g/mol. The zero-order valence-electron chi connectivity index (χ0n) is 17.8. The molecule has 4 aromatic rings. The standard InChI is InChI=1S/C25H21N3O4S/c1-16-7-2-4-11-20(16)31-15-23(29)28-25(33)27-19-10-6-9-18(14-19)26-24(30)22-13-17-8-3-5-12-21(17)32-22/h2-14H,15H2,1H3,(H,26,30)(H2,27,28,29,33). The molecule has 7 nitrogen and oxygen atoms in total. The van der Waals surface area contributed by atoms with E-state index < -0.39 is 0 Å². The van der Waals surface area contributed by atoms with Gasteiger partial charge < -0.3 is 19.8 Å². The van der Waals surface area contributed by atoms with Crippen LogP contribution in [0.15, 0.2) is 83.3 Å². The number of rotatable bonds is 6. The fourth-order valence-corrected chi connectivity index (χ4v) is 3.38. The van der Waals surface area contributed by atoms with Crippen molar-refractivity contribution in [3.8, 4) is 5.75 Å². The Balaban J connectivity index is 1.31. The Morgan fingerprint density at radius 2 is 1.64 bits per heavy atom. The lowest BCUT2D eigenvalue weighted by Gasteiger charge is -2.12. The van der Waals surface area contributed by atoms with Gasteiger partial charge in [-0.1, -0.05) is 42.5 Å². The van der Waals surface area contributed by atoms with E-state index in [9.17, 15) is 9.59 Å². The topological polar surface area (TPSA) is 92.6 Å². The van der Waals surface area contributed by atoms with Crippen LogP contribution in [0.5, 0.6) is 5.75 Å². The predicted octanol–water partition coefficient (Wildman–Crippen LogP) is 4.89. The van der Waals surface area contributed by atoms with Gasteiger partial charge in [0, 0.05) is 16.8 Å². The van der Waals surface area contributed by atoms with Crippen molar-refractivity contribution in [3.63, 3.8) is 0 Å². The van der Waals surface area contributed by atoms with Gasteiger partial charge in [0.25, 0.3) is 11.8 Å². The number of anilines is 2. The van der Waals surface area contributed by atoms with Gasteiger partial charge in [0.1, 0.15) is 11.3 Å². The van der Waals surface area contributed by atoms with Crippen LogP contribution in [0.25, 0.3) is 11.0 Å². The fraction of sp³-hybridized carbons (Fsp3) is 0.0800. The number of nitrogens with one attached hydrogen (secondary N) is 3. The van der Waals surface area contributed by atoms with Gasteiger partial charge in [-0.2, -0.15) is 0 Å². The summed E-state index contributed by atoms with van der Waals surface area (Å²) in [7, 11) is 0. The maximum Gasteiger partial charge on any atom is 0.291 e. The monoisotopic (exact) mass is 459 g/mol. The zero-order valence-corrected chi connectivity index (χ0v) is 18.6. The molecule has 4 rings (SSSR count). The Morgan fingerprint density at radius 3 is 2.42 bits per heavy atom. The Morgan fingerprint density at radius 1 is 0.909 bits per heavy atom. The van der Waals surface area contributed by atoms with E-state index in [1.165, 1.54) is 0 Å². The Hall–Kier alpha value is -4.17. The highest BCUT2D eigenvalue weighted by molar-refractivity contribution is 7.80. The van der Waals surface area contributed by atoms with Gasteiger partial charge in [-0.25, -0.2) is 0 Å². The van der Waals surface area contributed by atoms with Crippen LogP contribution in [0, 0.1) is 6.92 Å². The summed E-state index contributed by atoms with van der Waals surface area (Å²) >= 11 is 5.21. The molecule has 3 N–H and O–H groups in total. The van der Waals surface area contributed by atoms with E-state index in [0.29, 0.717) is 22.7 Å². The van der Waals surface area contributed by atoms with Crippen LogP contribution in [0.3, 0.4) is 0 Å². The van der Waals surface area contributed by atoms with Crippen molar-refractivity contribution in [1.82, 2.24) is 5.32 Å². The molecule has 1 aromatic heterocycles. The molecule has 8 heteroatoms. The number of furan rings is 1. The maximum atomic E-state index is 12.6. The first-order valence-electron chi connectivity index (χ1n) is 10.2. The molecule has 3 aromatic carbocycles. The highest BCUT2D eigenvalue weighted by Gasteiger charge is 2.13. The number of amides is 2. The van der Waals surface area contributed by atoms with Crippen molar-refractivity contribution in [2.45, 2.75) is 6.92 Å². The van der Waals surface area contributed by atoms with Crippen LogP contribution in [-0.2, 0) is 4.79 Å². The molecule has 0 saturated heterocycles. The molecule has 0 aliphatic carbocycles. The minimum Gasteiger partial charge on any atom is -0.483 e. The molecular formula is C25H21N3O4S. The molecule has 0 unspecified atom stereocenters. The summed E-state index contributed by atoms with van der Waals surface area (Å²) in [6, 6.07) is 23.5. The highest BCUT2D eigenvalue weighted by Crippen LogP contribution is 2.21. The van der Waals surface area contributed by atoms with Gasteiger partial charge in [-0.05, 0) is 61.1 Å². The molecule has 1 heterocycles. The van der Waals surface area contributed by atoms with Gasteiger partial charge in [-0.3, -0.25) is 14.9 Å². The van der Waals surface area contributed by atoms with Crippen molar-refractivity contribution < 1.29 is 18.7 Å². The van der Waals surface area contributed by atoms with Gasteiger partial charge in [0.15, 0.2) is 17.5 Å². The second kappa shape index (κ2) is 9.97. The number of carbonyl (C=O) groups is 2. The molecule has 0 radical (unpaired) electrons. The minimum atomic E-state index is -0.384. The Labute approximate surface area is 195 Å². The van der Waals surface area contributed by atoms with Crippen LogP contribution in [-0.4, -0.2) is 23.5 Å². The van der Waals surface area contributed by atoms with E-state index in [4.69, 9.17) is 21.4 Å². The molecule has 0 aliphatic rings. The van der Waals surface area contributed by atoms with Gasteiger partial charge in [0.2, 0.25) is 0 Å². The number of aryl methyl sites for hydroxylation is 1. The molecule has 33 heavy (non-hydrogen) atoms. The first-order chi connectivity index (χ1) is 16.0. The van der Waals surface area contributed by atoms with Gasteiger partial charge >= 0.3 is 0 Å². The van der Waals surface area contributed by atoms with E-state index in [-0.39, 0.29) is 29.3 Å². The summed E-state index contributed by atoms with van der Waals surface area (Å²) in [5.74, 6) is 0.100. The average Bonchev–Trinajstić information content (AvgIpc) is 3.23. The third-order valence-corrected chi connectivity index (χ3v) is 4.94.